The first kappa shape index (κ1) is 27.4. The number of rotatable bonds is 12. The number of hydrogen-bond donors (Lipinski definition) is 3. The van der Waals surface area contributed by atoms with Gasteiger partial charge in [-0.2, -0.15) is 16.9 Å². The lowest BCUT2D eigenvalue weighted by Crippen LogP contribution is -2.30. The van der Waals surface area contributed by atoms with Crippen molar-refractivity contribution in [3.63, 3.8) is 0 Å². The lowest BCUT2D eigenvalue weighted by molar-refractivity contribution is -0.119. The number of aryl methyl sites for hydroxylation is 1. The van der Waals surface area contributed by atoms with Gasteiger partial charge in [-0.05, 0) is 34.0 Å². The van der Waals surface area contributed by atoms with Crippen LogP contribution in [0.3, 0.4) is 0 Å². The molecule has 0 aliphatic heterocycles. The highest BCUT2D eigenvalue weighted by atomic mass is 32.2. The topological polar surface area (TPSA) is 122 Å². The van der Waals surface area contributed by atoms with Crippen molar-refractivity contribution in [3.05, 3.63) is 88.3 Å². The maximum Gasteiger partial charge on any atom is 0.230 e. The Morgan fingerprint density at radius 3 is 2.22 bits per heavy atom. The van der Waals surface area contributed by atoms with E-state index in [0.29, 0.717) is 16.7 Å². The highest BCUT2D eigenvalue weighted by Gasteiger charge is 2.11. The summed E-state index contributed by atoms with van der Waals surface area (Å²) >= 11 is 4.44. The number of amides is 2. The molecule has 2 aromatic carbocycles. The predicted octanol–water partition coefficient (Wildman–Crippen LogP) is 4.22. The molecule has 0 aliphatic rings. The molecule has 0 radical (unpaired) electrons. The quantitative estimate of drug-likeness (QED) is 0.103. The average Bonchev–Trinajstić information content (AvgIpc) is 3.31. The molecular formula is C25H28N6O2S3. The number of anilines is 1. The fourth-order valence-corrected chi connectivity index (χ4v) is 5.66. The summed E-state index contributed by atoms with van der Waals surface area (Å²) in [6, 6.07) is 19.1. The van der Waals surface area contributed by atoms with Gasteiger partial charge in [-0.15, -0.1) is 10.2 Å². The van der Waals surface area contributed by atoms with Crippen molar-refractivity contribution < 1.29 is 9.59 Å². The molecule has 0 fully saturated rings. The molecule has 36 heavy (non-hydrogen) atoms. The lowest BCUT2D eigenvalue weighted by atomic mass is 10.1. The molecule has 2 amide bonds. The third-order valence-electron chi connectivity index (χ3n) is 4.72. The molecule has 3 rings (SSSR count). The molecule has 3 aromatic rings. The minimum Gasteiger partial charge on any atom is -0.321 e. The van der Waals surface area contributed by atoms with E-state index in [2.05, 4.69) is 32.5 Å². The molecule has 188 valence electrons. The number of hydrogen-bond acceptors (Lipinski definition) is 9. The molecule has 4 N–H and O–H groups in total. The van der Waals surface area contributed by atoms with Gasteiger partial charge in [-0.25, -0.2) is 0 Å². The molecule has 0 saturated carbocycles. The summed E-state index contributed by atoms with van der Waals surface area (Å²) in [5, 5.41) is 19.2. The summed E-state index contributed by atoms with van der Waals surface area (Å²) in [5.74, 6) is 6.90. The van der Waals surface area contributed by atoms with Crippen molar-refractivity contribution >= 4 is 57.0 Å². The minimum absolute atomic E-state index is 0.106. The van der Waals surface area contributed by atoms with E-state index in [4.69, 9.17) is 5.84 Å². The van der Waals surface area contributed by atoms with Gasteiger partial charge in [-0.3, -0.25) is 9.59 Å². The Morgan fingerprint density at radius 2 is 1.58 bits per heavy atom. The molecule has 8 nitrogen and oxygen atoms in total. The van der Waals surface area contributed by atoms with Crippen molar-refractivity contribution in [2.24, 2.45) is 10.9 Å². The first-order valence-corrected chi connectivity index (χ1v) is 14.0. The molecular weight excluding hydrogens is 513 g/mol. The van der Waals surface area contributed by atoms with Gasteiger partial charge in [0, 0.05) is 6.42 Å². The van der Waals surface area contributed by atoms with E-state index in [1.54, 1.807) is 11.8 Å². The summed E-state index contributed by atoms with van der Waals surface area (Å²) in [5.41, 5.74) is 1.87. The summed E-state index contributed by atoms with van der Waals surface area (Å²) < 4.78 is 0. The molecule has 1 aromatic heterocycles. The van der Waals surface area contributed by atoms with Crippen LogP contribution >= 0.6 is 34.9 Å². The van der Waals surface area contributed by atoms with Crippen LogP contribution in [0.5, 0.6) is 0 Å². The number of allylic oxidation sites excluding steroid dienone is 1. The van der Waals surface area contributed by atoms with Gasteiger partial charge in [0.05, 0.1) is 12.8 Å². The van der Waals surface area contributed by atoms with Gasteiger partial charge >= 0.3 is 0 Å². The maximum atomic E-state index is 12.2. The second-order valence-corrected chi connectivity index (χ2v) is 11.1. The Kier molecular flexibility index (Phi) is 11.5. The third-order valence-corrected chi connectivity index (χ3v) is 7.50. The van der Waals surface area contributed by atoms with Gasteiger partial charge < -0.3 is 16.5 Å². The van der Waals surface area contributed by atoms with Gasteiger partial charge in [0.25, 0.3) is 0 Å². The van der Waals surface area contributed by atoms with Crippen LogP contribution in [0.1, 0.15) is 22.6 Å². The molecule has 0 saturated heterocycles. The Balaban J connectivity index is 1.29. The fraction of sp³-hybridized carbons (Fsp3) is 0.240. The van der Waals surface area contributed by atoms with E-state index in [1.807, 2.05) is 60.7 Å². The normalized spacial score (nSPS) is 11.2. The lowest BCUT2D eigenvalue weighted by Gasteiger charge is -2.09. The van der Waals surface area contributed by atoms with Crippen molar-refractivity contribution in [3.8, 4) is 0 Å². The van der Waals surface area contributed by atoms with Crippen molar-refractivity contribution in [2.45, 2.75) is 25.7 Å². The molecule has 0 aliphatic carbocycles. The van der Waals surface area contributed by atoms with E-state index < -0.39 is 0 Å². The fourth-order valence-electron chi connectivity index (χ4n) is 3.01. The Bertz CT molecular complexity index is 1170. The first-order chi connectivity index (χ1) is 17.5. The third kappa shape index (κ3) is 10.2. The summed E-state index contributed by atoms with van der Waals surface area (Å²) in [6.07, 6.45) is 2.08. The standard InChI is InChI=1S/C25H28N6O2S3/c1-18(35-24(29-26)27-21(32)16-19-8-4-2-5-9-19)12-14-34-15-13-23-30-31-25(36-23)28-22(33)17-20-10-6-3-7-11-20/h2-11H,1,12-17,26H2,(H,27,29,32)(H,28,31,33). The van der Waals surface area contributed by atoms with Crippen molar-refractivity contribution in [1.29, 1.82) is 0 Å². The van der Waals surface area contributed by atoms with Gasteiger partial charge in [0.15, 0.2) is 5.17 Å². The Labute approximate surface area is 223 Å². The van der Waals surface area contributed by atoms with Crippen LogP contribution in [0.2, 0.25) is 0 Å². The number of carbonyl (C=O) groups excluding carboxylic acids is 2. The highest BCUT2D eigenvalue weighted by Crippen LogP contribution is 2.22. The number of nitrogens with zero attached hydrogens (tertiary/aromatic N) is 3. The Morgan fingerprint density at radius 1 is 0.944 bits per heavy atom. The smallest absolute Gasteiger partial charge is 0.230 e. The zero-order valence-corrected chi connectivity index (χ0v) is 22.1. The molecule has 11 heteroatoms. The van der Waals surface area contributed by atoms with Crippen LogP contribution in [-0.4, -0.2) is 38.7 Å². The average molecular weight is 541 g/mol. The predicted molar refractivity (Wildman–Crippen MR) is 151 cm³/mol. The first-order valence-electron chi connectivity index (χ1n) is 11.2. The van der Waals surface area contributed by atoms with E-state index in [-0.39, 0.29) is 18.2 Å². The monoisotopic (exact) mass is 540 g/mol. The molecule has 1 heterocycles. The van der Waals surface area contributed by atoms with Gasteiger partial charge in [0.1, 0.15) is 5.01 Å². The molecule has 0 atom stereocenters. The largest absolute Gasteiger partial charge is 0.321 e. The van der Waals surface area contributed by atoms with Crippen LogP contribution in [0, 0.1) is 0 Å². The number of aromatic nitrogens is 2. The highest BCUT2D eigenvalue weighted by molar-refractivity contribution is 8.17. The number of benzene rings is 2. The van der Waals surface area contributed by atoms with Crippen LogP contribution in [-0.2, 0) is 28.9 Å². The molecule has 0 spiro atoms. The number of hydrazone groups is 1. The number of thioether (sulfide) groups is 2. The van der Waals surface area contributed by atoms with E-state index in [1.165, 1.54) is 23.1 Å². The van der Waals surface area contributed by atoms with Crippen molar-refractivity contribution in [2.75, 3.05) is 16.8 Å². The molecule has 0 unspecified atom stereocenters. The maximum absolute atomic E-state index is 12.2. The minimum atomic E-state index is -0.173. The summed E-state index contributed by atoms with van der Waals surface area (Å²) in [7, 11) is 0. The second-order valence-electron chi connectivity index (χ2n) is 7.61. The zero-order valence-electron chi connectivity index (χ0n) is 19.7. The van der Waals surface area contributed by atoms with Crippen LogP contribution in [0.4, 0.5) is 5.13 Å². The SMILES string of the molecule is C=C(CCSCCc1nnc(NC(=O)Cc2ccccc2)s1)S/C(=N\N)NC(=O)Cc1ccccc1. The van der Waals surface area contributed by atoms with E-state index in [9.17, 15) is 9.59 Å². The van der Waals surface area contributed by atoms with Gasteiger partial charge in [-0.1, -0.05) is 90.3 Å². The summed E-state index contributed by atoms with van der Waals surface area (Å²) in [6.45, 7) is 4.05. The van der Waals surface area contributed by atoms with Crippen LogP contribution in [0.15, 0.2) is 77.2 Å². The number of carbonyl (C=O) groups is 2. The summed E-state index contributed by atoms with van der Waals surface area (Å²) in [4.78, 5) is 25.2. The number of nitrogens with two attached hydrogens (primary N) is 1. The zero-order chi connectivity index (χ0) is 25.6. The van der Waals surface area contributed by atoms with E-state index in [0.717, 1.165) is 45.4 Å². The van der Waals surface area contributed by atoms with Gasteiger partial charge in [0.2, 0.25) is 16.9 Å². The molecule has 0 bridgehead atoms. The van der Waals surface area contributed by atoms with E-state index >= 15 is 0 Å². The Hall–Kier alpha value is -3.15. The van der Waals surface area contributed by atoms with Crippen LogP contribution < -0.4 is 16.5 Å². The van der Waals surface area contributed by atoms with Crippen LogP contribution in [0.25, 0.3) is 0 Å². The number of amidine groups is 1. The number of nitrogens with one attached hydrogen (secondary N) is 2. The second kappa shape index (κ2) is 15.1. The van der Waals surface area contributed by atoms with Crippen molar-refractivity contribution in [1.82, 2.24) is 15.5 Å².